The number of nitrogens with one attached hydrogen (secondary N) is 1. The van der Waals surface area contributed by atoms with Crippen molar-refractivity contribution in [1.29, 1.82) is 0 Å². The zero-order valence-electron chi connectivity index (χ0n) is 15.3. The summed E-state index contributed by atoms with van der Waals surface area (Å²) in [5.41, 5.74) is 0.963. The van der Waals surface area contributed by atoms with Gasteiger partial charge in [-0.05, 0) is 45.7 Å². The summed E-state index contributed by atoms with van der Waals surface area (Å²) in [6, 6.07) is 0. The summed E-state index contributed by atoms with van der Waals surface area (Å²) in [6.45, 7) is 10.3. The highest BCUT2D eigenvalue weighted by Gasteiger charge is 2.30. The van der Waals surface area contributed by atoms with E-state index in [1.807, 2.05) is 0 Å². The summed E-state index contributed by atoms with van der Waals surface area (Å²) in [5.74, 6) is -1.34. The van der Waals surface area contributed by atoms with Crippen LogP contribution in [0.25, 0.3) is 0 Å². The fourth-order valence-electron chi connectivity index (χ4n) is 2.69. The van der Waals surface area contributed by atoms with Gasteiger partial charge in [-0.25, -0.2) is 9.59 Å². The van der Waals surface area contributed by atoms with Gasteiger partial charge < -0.3 is 24.6 Å². The first-order valence-corrected chi connectivity index (χ1v) is 8.21. The molecule has 25 heavy (non-hydrogen) atoms. The third-order valence-corrected chi connectivity index (χ3v) is 4.21. The number of rotatable bonds is 2. The van der Waals surface area contributed by atoms with Crippen LogP contribution >= 0.6 is 0 Å². The Hall–Kier alpha value is -2.51. The molecule has 0 atom stereocenters. The van der Waals surface area contributed by atoms with Gasteiger partial charge in [-0.3, -0.25) is 4.79 Å². The van der Waals surface area contributed by atoms with Gasteiger partial charge >= 0.3 is 12.1 Å². The average Bonchev–Trinajstić information content (AvgIpc) is 2.81. The van der Waals surface area contributed by atoms with Crippen molar-refractivity contribution in [3.8, 4) is 0 Å². The van der Waals surface area contributed by atoms with Gasteiger partial charge in [0.1, 0.15) is 17.0 Å². The summed E-state index contributed by atoms with van der Waals surface area (Å²) >= 11 is 0. The SMILES string of the molecule is Cc1c(C(=O)O)[nH]c(C(=O)N2CCN(C(=O)OC(C)(C)C)CC2)c1C. The highest BCUT2D eigenvalue weighted by Crippen LogP contribution is 2.20. The number of amides is 2. The molecule has 1 saturated heterocycles. The minimum Gasteiger partial charge on any atom is -0.477 e. The lowest BCUT2D eigenvalue weighted by Gasteiger charge is -2.35. The van der Waals surface area contributed by atoms with E-state index in [9.17, 15) is 14.4 Å². The molecule has 1 aromatic rings. The Kier molecular flexibility index (Phi) is 5.10. The minimum atomic E-state index is -1.09. The Morgan fingerprint density at radius 3 is 1.88 bits per heavy atom. The van der Waals surface area contributed by atoms with Crippen LogP contribution in [-0.2, 0) is 4.74 Å². The van der Waals surface area contributed by atoms with Crippen molar-refractivity contribution in [1.82, 2.24) is 14.8 Å². The molecular weight excluding hydrogens is 326 g/mol. The lowest BCUT2D eigenvalue weighted by Crippen LogP contribution is -2.51. The third-order valence-electron chi connectivity index (χ3n) is 4.21. The molecule has 2 heterocycles. The third kappa shape index (κ3) is 4.12. The summed E-state index contributed by atoms with van der Waals surface area (Å²) in [6.07, 6.45) is -0.389. The second kappa shape index (κ2) is 6.78. The molecule has 1 aliphatic rings. The smallest absolute Gasteiger partial charge is 0.410 e. The van der Waals surface area contributed by atoms with Crippen molar-refractivity contribution in [2.75, 3.05) is 26.2 Å². The monoisotopic (exact) mass is 351 g/mol. The van der Waals surface area contributed by atoms with Gasteiger partial charge in [0.25, 0.3) is 5.91 Å². The van der Waals surface area contributed by atoms with Crippen LogP contribution < -0.4 is 0 Å². The van der Waals surface area contributed by atoms with Gasteiger partial charge in [0.05, 0.1) is 0 Å². The second-order valence-corrected chi connectivity index (χ2v) is 7.19. The number of piperazine rings is 1. The van der Waals surface area contributed by atoms with Crippen molar-refractivity contribution in [2.45, 2.75) is 40.2 Å². The predicted octanol–water partition coefficient (Wildman–Crippen LogP) is 2.02. The number of aromatic nitrogens is 1. The Bertz CT molecular complexity index is 694. The first-order valence-electron chi connectivity index (χ1n) is 8.21. The number of aromatic amines is 1. The lowest BCUT2D eigenvalue weighted by atomic mass is 10.1. The topological polar surface area (TPSA) is 103 Å². The van der Waals surface area contributed by atoms with Crippen LogP contribution in [0.2, 0.25) is 0 Å². The summed E-state index contributed by atoms with van der Waals surface area (Å²) in [5, 5.41) is 9.17. The van der Waals surface area contributed by atoms with Crippen molar-refractivity contribution >= 4 is 18.0 Å². The molecular formula is C17H25N3O5. The quantitative estimate of drug-likeness (QED) is 0.848. The van der Waals surface area contributed by atoms with Crippen LogP contribution in [-0.4, -0.2) is 69.6 Å². The standard InChI is InChI=1S/C17H25N3O5/c1-10-11(2)13(15(22)23)18-12(10)14(21)19-6-8-20(9-7-19)16(24)25-17(3,4)5/h18H,6-9H2,1-5H3,(H,22,23). The molecule has 1 fully saturated rings. The van der Waals surface area contributed by atoms with Gasteiger partial charge in [0.2, 0.25) is 0 Å². The van der Waals surface area contributed by atoms with E-state index in [0.29, 0.717) is 43.0 Å². The number of carboxylic acid groups (broad SMARTS) is 1. The predicted molar refractivity (Wildman–Crippen MR) is 90.9 cm³/mol. The number of hydrogen-bond acceptors (Lipinski definition) is 4. The van der Waals surface area contributed by atoms with E-state index in [0.717, 1.165) is 0 Å². The number of carboxylic acids is 1. The number of aromatic carboxylic acids is 1. The van der Waals surface area contributed by atoms with Crippen molar-refractivity contribution in [3.63, 3.8) is 0 Å². The average molecular weight is 351 g/mol. The maximum Gasteiger partial charge on any atom is 0.410 e. The number of hydrogen-bond donors (Lipinski definition) is 2. The van der Waals surface area contributed by atoms with E-state index in [-0.39, 0.29) is 17.7 Å². The lowest BCUT2D eigenvalue weighted by molar-refractivity contribution is 0.0140. The zero-order chi connectivity index (χ0) is 18.9. The Labute approximate surface area is 146 Å². The number of H-pyrrole nitrogens is 1. The highest BCUT2D eigenvalue weighted by molar-refractivity contribution is 5.98. The van der Waals surface area contributed by atoms with Gasteiger partial charge in [0.15, 0.2) is 0 Å². The molecule has 138 valence electrons. The molecule has 1 aliphatic heterocycles. The molecule has 0 saturated carbocycles. The van der Waals surface area contributed by atoms with Gasteiger partial charge in [0, 0.05) is 26.2 Å². The summed E-state index contributed by atoms with van der Waals surface area (Å²) < 4.78 is 5.33. The van der Waals surface area contributed by atoms with Gasteiger partial charge in [-0.15, -0.1) is 0 Å². The number of nitrogens with zero attached hydrogens (tertiary/aromatic N) is 2. The maximum absolute atomic E-state index is 12.7. The molecule has 0 spiro atoms. The van der Waals surface area contributed by atoms with E-state index in [1.54, 1.807) is 44.4 Å². The largest absolute Gasteiger partial charge is 0.477 e. The van der Waals surface area contributed by atoms with Crippen LogP contribution in [0.1, 0.15) is 52.9 Å². The Morgan fingerprint density at radius 2 is 1.44 bits per heavy atom. The first-order chi connectivity index (χ1) is 11.5. The molecule has 0 unspecified atom stereocenters. The van der Waals surface area contributed by atoms with E-state index >= 15 is 0 Å². The zero-order valence-corrected chi connectivity index (χ0v) is 15.3. The fourth-order valence-corrected chi connectivity index (χ4v) is 2.69. The van der Waals surface area contributed by atoms with Gasteiger partial charge in [-0.1, -0.05) is 0 Å². The molecule has 0 aliphatic carbocycles. The van der Waals surface area contributed by atoms with Crippen LogP contribution in [0, 0.1) is 13.8 Å². The summed E-state index contributed by atoms with van der Waals surface area (Å²) in [4.78, 5) is 41.9. The number of ether oxygens (including phenoxy) is 1. The maximum atomic E-state index is 12.7. The summed E-state index contributed by atoms with van der Waals surface area (Å²) in [7, 11) is 0. The second-order valence-electron chi connectivity index (χ2n) is 7.19. The fraction of sp³-hybridized carbons (Fsp3) is 0.588. The van der Waals surface area contributed by atoms with E-state index in [4.69, 9.17) is 9.84 Å². The van der Waals surface area contributed by atoms with E-state index < -0.39 is 11.6 Å². The molecule has 2 rings (SSSR count). The Morgan fingerprint density at radius 1 is 0.960 bits per heavy atom. The van der Waals surface area contributed by atoms with Crippen molar-refractivity contribution in [3.05, 3.63) is 22.5 Å². The highest BCUT2D eigenvalue weighted by atomic mass is 16.6. The van der Waals surface area contributed by atoms with Crippen LogP contribution in [0.15, 0.2) is 0 Å². The molecule has 1 aromatic heterocycles. The van der Waals surface area contributed by atoms with Crippen LogP contribution in [0.5, 0.6) is 0 Å². The molecule has 0 aromatic carbocycles. The normalized spacial score (nSPS) is 15.2. The minimum absolute atomic E-state index is 0.0354. The molecule has 8 nitrogen and oxygen atoms in total. The molecule has 2 amide bonds. The molecule has 2 N–H and O–H groups in total. The van der Waals surface area contributed by atoms with Crippen LogP contribution in [0.4, 0.5) is 4.79 Å². The van der Waals surface area contributed by atoms with E-state index in [1.165, 1.54) is 0 Å². The van der Waals surface area contributed by atoms with Crippen molar-refractivity contribution < 1.29 is 24.2 Å². The number of carbonyl (C=O) groups excluding carboxylic acids is 2. The number of carbonyl (C=O) groups is 3. The first kappa shape index (κ1) is 18.8. The van der Waals surface area contributed by atoms with Crippen molar-refractivity contribution in [2.24, 2.45) is 0 Å². The Balaban J connectivity index is 2.04. The van der Waals surface area contributed by atoms with Crippen LogP contribution in [0.3, 0.4) is 0 Å². The molecule has 0 bridgehead atoms. The van der Waals surface area contributed by atoms with Gasteiger partial charge in [-0.2, -0.15) is 0 Å². The van der Waals surface area contributed by atoms with E-state index in [2.05, 4.69) is 4.98 Å². The molecule has 0 radical (unpaired) electrons. The molecule has 8 heteroatoms.